The van der Waals surface area contributed by atoms with Crippen LogP contribution >= 0.6 is 11.8 Å². The molecule has 0 unspecified atom stereocenters. The molecule has 0 aromatic carbocycles. The van der Waals surface area contributed by atoms with Crippen LogP contribution in [0, 0.1) is 0 Å². The first-order valence-corrected chi connectivity index (χ1v) is 7.49. The second-order valence-electron chi connectivity index (χ2n) is 5.66. The van der Waals surface area contributed by atoms with Crippen LogP contribution in [0.25, 0.3) is 0 Å². The summed E-state index contributed by atoms with van der Waals surface area (Å²) < 4.78 is 0. The van der Waals surface area contributed by atoms with E-state index in [4.69, 9.17) is 0 Å². The van der Waals surface area contributed by atoms with Gasteiger partial charge in [0.1, 0.15) is 0 Å². The maximum Gasteiger partial charge on any atom is 0.00965 e. The maximum atomic E-state index is 3.55. The molecule has 1 fully saturated rings. The molecule has 1 saturated carbocycles. The van der Waals surface area contributed by atoms with Crippen molar-refractivity contribution in [1.82, 2.24) is 5.32 Å². The number of thioether (sulfide) groups is 1. The molecule has 0 radical (unpaired) electrons. The first-order valence-electron chi connectivity index (χ1n) is 6.44. The van der Waals surface area contributed by atoms with Gasteiger partial charge in [0.15, 0.2) is 0 Å². The van der Waals surface area contributed by atoms with Gasteiger partial charge in [0.25, 0.3) is 0 Å². The second-order valence-corrected chi connectivity index (χ2v) is 7.07. The molecule has 0 aromatic heterocycles. The van der Waals surface area contributed by atoms with Crippen LogP contribution in [0.3, 0.4) is 0 Å². The highest BCUT2D eigenvalue weighted by molar-refractivity contribution is 7.99. The molecule has 1 nitrogen and oxygen atoms in total. The highest BCUT2D eigenvalue weighted by atomic mass is 32.2. The Bertz CT molecular complexity index is 156. The fourth-order valence-corrected chi connectivity index (χ4v) is 3.33. The predicted octanol–water partition coefficient (Wildman–Crippen LogP) is 3.83. The van der Waals surface area contributed by atoms with Gasteiger partial charge in [-0.1, -0.05) is 19.3 Å². The van der Waals surface area contributed by atoms with Gasteiger partial charge in [-0.2, -0.15) is 11.8 Å². The van der Waals surface area contributed by atoms with E-state index in [2.05, 4.69) is 37.8 Å². The summed E-state index contributed by atoms with van der Waals surface area (Å²) in [5.41, 5.74) is 0.287. The van der Waals surface area contributed by atoms with Crippen molar-refractivity contribution < 1.29 is 0 Å². The standard InChI is InChI=1S/C13H27NS/c1-13(2,3)14-10-7-11-15-12-8-5-4-6-9-12/h12,14H,4-11H2,1-3H3. The SMILES string of the molecule is CC(C)(C)NCCCSC1CCCCC1. The van der Waals surface area contributed by atoms with Gasteiger partial charge in [-0.3, -0.25) is 0 Å². The topological polar surface area (TPSA) is 12.0 Å². The third kappa shape index (κ3) is 7.24. The van der Waals surface area contributed by atoms with Gasteiger partial charge in [-0.25, -0.2) is 0 Å². The minimum atomic E-state index is 0.287. The summed E-state index contributed by atoms with van der Waals surface area (Å²) in [5.74, 6) is 1.34. The third-order valence-corrected chi connectivity index (χ3v) is 4.35. The molecule has 1 rings (SSSR count). The summed E-state index contributed by atoms with van der Waals surface area (Å²) in [4.78, 5) is 0. The van der Waals surface area contributed by atoms with Crippen LogP contribution in [0.5, 0.6) is 0 Å². The van der Waals surface area contributed by atoms with Crippen LogP contribution in [0.2, 0.25) is 0 Å². The molecule has 1 aliphatic carbocycles. The smallest absolute Gasteiger partial charge is 0.00965 e. The molecule has 1 aliphatic rings. The van der Waals surface area contributed by atoms with E-state index in [0.29, 0.717) is 0 Å². The molecule has 0 bridgehead atoms. The highest BCUT2D eigenvalue weighted by Gasteiger charge is 2.13. The Labute approximate surface area is 99.8 Å². The molecule has 1 N–H and O–H groups in total. The van der Waals surface area contributed by atoms with Crippen LogP contribution in [-0.2, 0) is 0 Å². The Morgan fingerprint density at radius 2 is 1.80 bits per heavy atom. The molecule has 2 heteroatoms. The molecule has 90 valence electrons. The molecular formula is C13H27NS. The van der Waals surface area contributed by atoms with Crippen molar-refractivity contribution in [3.05, 3.63) is 0 Å². The van der Waals surface area contributed by atoms with E-state index in [0.717, 1.165) is 5.25 Å². The lowest BCUT2D eigenvalue weighted by atomic mass is 10.0. The van der Waals surface area contributed by atoms with Gasteiger partial charge >= 0.3 is 0 Å². The number of hydrogen-bond acceptors (Lipinski definition) is 2. The van der Waals surface area contributed by atoms with Crippen molar-refractivity contribution in [2.24, 2.45) is 0 Å². The minimum absolute atomic E-state index is 0.287. The van der Waals surface area contributed by atoms with Crippen molar-refractivity contribution in [3.63, 3.8) is 0 Å². The molecular weight excluding hydrogens is 202 g/mol. The summed E-state index contributed by atoms with van der Waals surface area (Å²) in [6.07, 6.45) is 8.67. The molecule has 0 aliphatic heterocycles. The summed E-state index contributed by atoms with van der Waals surface area (Å²) in [6, 6.07) is 0. The fraction of sp³-hybridized carbons (Fsp3) is 1.00. The fourth-order valence-electron chi connectivity index (χ4n) is 2.02. The summed E-state index contributed by atoms with van der Waals surface area (Å²) in [6.45, 7) is 7.88. The zero-order valence-corrected chi connectivity index (χ0v) is 11.5. The average Bonchev–Trinajstić information content (AvgIpc) is 2.17. The van der Waals surface area contributed by atoms with Crippen molar-refractivity contribution in [2.75, 3.05) is 12.3 Å². The molecule has 0 aromatic rings. The van der Waals surface area contributed by atoms with Gasteiger partial charge in [-0.15, -0.1) is 0 Å². The van der Waals surface area contributed by atoms with Crippen LogP contribution in [-0.4, -0.2) is 23.1 Å². The zero-order valence-electron chi connectivity index (χ0n) is 10.6. The Balaban J connectivity index is 1.92. The lowest BCUT2D eigenvalue weighted by Crippen LogP contribution is -2.36. The molecule has 0 amide bonds. The normalized spacial score (nSPS) is 19.4. The van der Waals surface area contributed by atoms with Gasteiger partial charge in [0.05, 0.1) is 0 Å². The number of rotatable bonds is 5. The molecule has 0 heterocycles. The largest absolute Gasteiger partial charge is 0.312 e. The Morgan fingerprint density at radius 3 is 2.40 bits per heavy atom. The Hall–Kier alpha value is 0.310. The lowest BCUT2D eigenvalue weighted by Gasteiger charge is -2.22. The zero-order chi connectivity index (χ0) is 11.1. The third-order valence-electron chi connectivity index (χ3n) is 2.88. The van der Waals surface area contributed by atoms with Gasteiger partial charge in [0, 0.05) is 10.8 Å². The van der Waals surface area contributed by atoms with Crippen molar-refractivity contribution in [3.8, 4) is 0 Å². The quantitative estimate of drug-likeness (QED) is 0.719. The van der Waals surface area contributed by atoms with Crippen LogP contribution in [0.4, 0.5) is 0 Å². The van der Waals surface area contributed by atoms with E-state index in [9.17, 15) is 0 Å². The van der Waals surface area contributed by atoms with E-state index >= 15 is 0 Å². The first kappa shape index (κ1) is 13.4. The van der Waals surface area contributed by atoms with E-state index in [-0.39, 0.29) is 5.54 Å². The van der Waals surface area contributed by atoms with Crippen LogP contribution in [0.1, 0.15) is 59.3 Å². The van der Waals surface area contributed by atoms with E-state index in [1.54, 1.807) is 0 Å². The van der Waals surface area contributed by atoms with Crippen LogP contribution in [0.15, 0.2) is 0 Å². The van der Waals surface area contributed by atoms with Crippen molar-refractivity contribution in [1.29, 1.82) is 0 Å². The Kier molecular flexibility index (Phi) is 6.06. The second kappa shape index (κ2) is 6.80. The Morgan fingerprint density at radius 1 is 1.13 bits per heavy atom. The van der Waals surface area contributed by atoms with E-state index < -0.39 is 0 Å². The number of hydrogen-bond donors (Lipinski definition) is 1. The highest BCUT2D eigenvalue weighted by Crippen LogP contribution is 2.28. The monoisotopic (exact) mass is 229 g/mol. The van der Waals surface area contributed by atoms with Crippen LogP contribution < -0.4 is 5.32 Å². The van der Waals surface area contributed by atoms with E-state index in [1.807, 2.05) is 0 Å². The molecule has 15 heavy (non-hydrogen) atoms. The average molecular weight is 229 g/mol. The van der Waals surface area contributed by atoms with E-state index in [1.165, 1.54) is 50.8 Å². The van der Waals surface area contributed by atoms with Gasteiger partial charge in [0.2, 0.25) is 0 Å². The summed E-state index contributed by atoms with van der Waals surface area (Å²) in [7, 11) is 0. The minimum Gasteiger partial charge on any atom is -0.312 e. The molecule has 0 saturated heterocycles. The lowest BCUT2D eigenvalue weighted by molar-refractivity contribution is 0.427. The van der Waals surface area contributed by atoms with Crippen molar-refractivity contribution >= 4 is 11.8 Å². The predicted molar refractivity (Wildman–Crippen MR) is 71.7 cm³/mol. The number of nitrogens with one attached hydrogen (secondary N) is 1. The van der Waals surface area contributed by atoms with Gasteiger partial charge in [-0.05, 0) is 52.3 Å². The maximum absolute atomic E-state index is 3.55. The first-order chi connectivity index (χ1) is 7.08. The summed E-state index contributed by atoms with van der Waals surface area (Å²) in [5, 5.41) is 4.53. The molecule has 0 atom stereocenters. The van der Waals surface area contributed by atoms with Crippen molar-refractivity contribution in [2.45, 2.75) is 70.1 Å². The van der Waals surface area contributed by atoms with Gasteiger partial charge < -0.3 is 5.32 Å². The summed E-state index contributed by atoms with van der Waals surface area (Å²) >= 11 is 2.21. The molecule has 0 spiro atoms.